The fraction of sp³-hybridized carbons (Fsp3) is 0.600. The SMILES string of the molecule is O=S(=O)(NC1CCCCC1CO)c1ccc(CCCl)cc1. The standard InChI is InChI=1S/C15H22ClNO3S/c16-10-9-12-5-7-14(8-6-12)21(19,20)17-15-4-2-1-3-13(15)11-18/h5-8,13,15,17-18H,1-4,9-11H2. The number of sulfonamides is 1. The zero-order valence-corrected chi connectivity index (χ0v) is 13.5. The molecule has 21 heavy (non-hydrogen) atoms. The minimum Gasteiger partial charge on any atom is -0.396 e. The average Bonchev–Trinajstić information content (AvgIpc) is 2.48. The highest BCUT2D eigenvalue weighted by molar-refractivity contribution is 7.89. The quantitative estimate of drug-likeness (QED) is 0.786. The summed E-state index contributed by atoms with van der Waals surface area (Å²) in [6, 6.07) is 6.64. The topological polar surface area (TPSA) is 66.4 Å². The van der Waals surface area contributed by atoms with Crippen LogP contribution in [0.2, 0.25) is 0 Å². The Hall–Kier alpha value is -0.620. The van der Waals surface area contributed by atoms with Crippen molar-refractivity contribution in [3.63, 3.8) is 0 Å². The lowest BCUT2D eigenvalue weighted by molar-refractivity contribution is 0.164. The van der Waals surface area contributed by atoms with Gasteiger partial charge >= 0.3 is 0 Å². The van der Waals surface area contributed by atoms with Crippen LogP contribution in [0.1, 0.15) is 31.2 Å². The van der Waals surface area contributed by atoms with E-state index in [-0.39, 0.29) is 23.5 Å². The van der Waals surface area contributed by atoms with Crippen molar-refractivity contribution in [2.75, 3.05) is 12.5 Å². The molecule has 1 aliphatic rings. The molecule has 0 amide bonds. The summed E-state index contributed by atoms with van der Waals surface area (Å²) in [5.74, 6) is 0.536. The summed E-state index contributed by atoms with van der Waals surface area (Å²) < 4.78 is 27.6. The molecule has 2 unspecified atom stereocenters. The molecule has 1 fully saturated rings. The summed E-state index contributed by atoms with van der Waals surface area (Å²) in [7, 11) is -3.53. The van der Waals surface area contributed by atoms with E-state index in [1.54, 1.807) is 24.3 Å². The second-order valence-corrected chi connectivity index (χ2v) is 7.63. The molecule has 1 aliphatic carbocycles. The van der Waals surface area contributed by atoms with Crippen molar-refractivity contribution in [3.8, 4) is 0 Å². The molecule has 2 N–H and O–H groups in total. The second-order valence-electron chi connectivity index (χ2n) is 5.54. The van der Waals surface area contributed by atoms with Crippen molar-refractivity contribution in [1.82, 2.24) is 4.72 Å². The molecule has 1 saturated carbocycles. The van der Waals surface area contributed by atoms with Gasteiger partial charge in [-0.15, -0.1) is 11.6 Å². The van der Waals surface area contributed by atoms with Gasteiger partial charge in [-0.25, -0.2) is 13.1 Å². The van der Waals surface area contributed by atoms with Crippen LogP contribution >= 0.6 is 11.6 Å². The van der Waals surface area contributed by atoms with E-state index in [9.17, 15) is 13.5 Å². The maximum atomic E-state index is 12.4. The molecule has 0 spiro atoms. The Labute approximate surface area is 131 Å². The third-order valence-electron chi connectivity index (χ3n) is 4.07. The maximum Gasteiger partial charge on any atom is 0.240 e. The molecule has 0 radical (unpaired) electrons. The first-order chi connectivity index (χ1) is 10.1. The Balaban J connectivity index is 2.10. The van der Waals surface area contributed by atoms with Crippen LogP contribution in [-0.4, -0.2) is 32.1 Å². The highest BCUT2D eigenvalue weighted by atomic mass is 35.5. The third-order valence-corrected chi connectivity index (χ3v) is 5.76. The maximum absolute atomic E-state index is 12.4. The Morgan fingerprint density at radius 2 is 1.86 bits per heavy atom. The number of benzene rings is 1. The third kappa shape index (κ3) is 4.42. The van der Waals surface area contributed by atoms with Crippen LogP contribution in [0.4, 0.5) is 0 Å². The first-order valence-electron chi connectivity index (χ1n) is 7.35. The highest BCUT2D eigenvalue weighted by Gasteiger charge is 2.28. The fourth-order valence-corrected chi connectivity index (χ4v) is 4.35. The van der Waals surface area contributed by atoms with Crippen molar-refractivity contribution in [1.29, 1.82) is 0 Å². The normalized spacial score (nSPS) is 23.1. The smallest absolute Gasteiger partial charge is 0.240 e. The predicted octanol–water partition coefficient (Wildman–Crippen LogP) is 2.30. The lowest BCUT2D eigenvalue weighted by atomic mass is 9.86. The van der Waals surface area contributed by atoms with Gasteiger partial charge in [0.25, 0.3) is 0 Å². The average molecular weight is 332 g/mol. The number of hydrogen-bond donors (Lipinski definition) is 2. The zero-order valence-electron chi connectivity index (χ0n) is 12.0. The molecule has 0 aliphatic heterocycles. The molecular weight excluding hydrogens is 310 g/mol. The number of hydrogen-bond acceptors (Lipinski definition) is 3. The fourth-order valence-electron chi connectivity index (χ4n) is 2.79. The Bertz CT molecular complexity index is 545. The van der Waals surface area contributed by atoms with E-state index in [1.165, 1.54) is 0 Å². The van der Waals surface area contributed by atoms with Gasteiger partial charge in [0.05, 0.1) is 4.90 Å². The molecule has 0 aromatic heterocycles. The van der Waals surface area contributed by atoms with Gasteiger partial charge in [0, 0.05) is 18.5 Å². The lowest BCUT2D eigenvalue weighted by Gasteiger charge is -2.30. The van der Waals surface area contributed by atoms with Crippen LogP contribution in [0.3, 0.4) is 0 Å². The van der Waals surface area contributed by atoms with E-state index in [2.05, 4.69) is 4.72 Å². The number of nitrogens with one attached hydrogen (secondary N) is 1. The molecule has 118 valence electrons. The van der Waals surface area contributed by atoms with Gasteiger partial charge in [-0.05, 0) is 42.9 Å². The van der Waals surface area contributed by atoms with Crippen molar-refractivity contribution >= 4 is 21.6 Å². The van der Waals surface area contributed by atoms with E-state index >= 15 is 0 Å². The van der Waals surface area contributed by atoms with Crippen molar-refractivity contribution in [2.45, 2.75) is 43.0 Å². The van der Waals surface area contributed by atoms with Gasteiger partial charge in [-0.2, -0.15) is 0 Å². The summed E-state index contributed by atoms with van der Waals surface area (Å²) >= 11 is 5.67. The number of alkyl halides is 1. The van der Waals surface area contributed by atoms with Crippen LogP contribution in [0, 0.1) is 5.92 Å². The van der Waals surface area contributed by atoms with Gasteiger partial charge in [0.2, 0.25) is 10.0 Å². The monoisotopic (exact) mass is 331 g/mol. The molecule has 4 nitrogen and oxygen atoms in total. The van der Waals surface area contributed by atoms with Crippen molar-refractivity contribution in [2.24, 2.45) is 5.92 Å². The van der Waals surface area contributed by atoms with Gasteiger partial charge in [-0.3, -0.25) is 0 Å². The van der Waals surface area contributed by atoms with E-state index in [0.717, 1.165) is 37.7 Å². The Morgan fingerprint density at radius 3 is 2.48 bits per heavy atom. The van der Waals surface area contributed by atoms with E-state index < -0.39 is 10.0 Å². The molecule has 1 aromatic carbocycles. The Kier molecular flexibility index (Phi) is 6.05. The van der Waals surface area contributed by atoms with Crippen LogP contribution in [0.5, 0.6) is 0 Å². The number of aliphatic hydroxyl groups is 1. The molecule has 0 bridgehead atoms. The van der Waals surface area contributed by atoms with Crippen LogP contribution in [0.15, 0.2) is 29.2 Å². The first kappa shape index (κ1) is 16.7. The Morgan fingerprint density at radius 1 is 1.19 bits per heavy atom. The molecular formula is C15H22ClNO3S. The van der Waals surface area contributed by atoms with Crippen LogP contribution in [-0.2, 0) is 16.4 Å². The van der Waals surface area contributed by atoms with Gasteiger partial charge in [0.15, 0.2) is 0 Å². The van der Waals surface area contributed by atoms with Crippen LogP contribution < -0.4 is 4.72 Å². The summed E-state index contributed by atoms with van der Waals surface area (Å²) in [6.45, 7) is 0.0296. The number of aryl methyl sites for hydroxylation is 1. The van der Waals surface area contributed by atoms with Gasteiger partial charge < -0.3 is 5.11 Å². The number of halogens is 1. The number of rotatable bonds is 6. The molecule has 0 heterocycles. The lowest BCUT2D eigenvalue weighted by Crippen LogP contribution is -2.43. The summed E-state index contributed by atoms with van der Waals surface area (Å²) in [4.78, 5) is 0.267. The van der Waals surface area contributed by atoms with Crippen molar-refractivity contribution < 1.29 is 13.5 Å². The summed E-state index contributed by atoms with van der Waals surface area (Å²) in [5, 5.41) is 9.38. The van der Waals surface area contributed by atoms with E-state index in [1.807, 2.05) is 0 Å². The predicted molar refractivity (Wildman–Crippen MR) is 84.0 cm³/mol. The zero-order chi connectivity index (χ0) is 15.3. The van der Waals surface area contributed by atoms with Crippen molar-refractivity contribution in [3.05, 3.63) is 29.8 Å². The van der Waals surface area contributed by atoms with E-state index in [4.69, 9.17) is 11.6 Å². The first-order valence-corrected chi connectivity index (χ1v) is 9.36. The molecule has 6 heteroatoms. The van der Waals surface area contributed by atoms with E-state index in [0.29, 0.717) is 5.88 Å². The minimum atomic E-state index is -3.53. The summed E-state index contributed by atoms with van der Waals surface area (Å²) in [5.41, 5.74) is 1.02. The molecule has 2 atom stereocenters. The highest BCUT2D eigenvalue weighted by Crippen LogP contribution is 2.25. The van der Waals surface area contributed by atoms with Crippen LogP contribution in [0.25, 0.3) is 0 Å². The molecule has 1 aromatic rings. The molecule has 0 saturated heterocycles. The van der Waals surface area contributed by atoms with Gasteiger partial charge in [-0.1, -0.05) is 25.0 Å². The molecule has 2 rings (SSSR count). The minimum absolute atomic E-state index is 0.0176. The number of aliphatic hydroxyl groups excluding tert-OH is 1. The summed E-state index contributed by atoms with van der Waals surface area (Å²) in [6.07, 6.45) is 4.44. The van der Waals surface area contributed by atoms with Gasteiger partial charge in [0.1, 0.15) is 0 Å². The largest absolute Gasteiger partial charge is 0.396 e. The second kappa shape index (κ2) is 7.58.